The van der Waals surface area contributed by atoms with Crippen LogP contribution in [0.25, 0.3) is 11.4 Å². The van der Waals surface area contributed by atoms with E-state index < -0.39 is 0 Å². The van der Waals surface area contributed by atoms with E-state index in [0.717, 1.165) is 42.3 Å². The summed E-state index contributed by atoms with van der Waals surface area (Å²) in [4.78, 5) is 8.71. The molecule has 0 bridgehead atoms. The second-order valence-electron chi connectivity index (χ2n) is 6.63. The largest absolute Gasteiger partial charge is 0.494 e. The smallest absolute Gasteiger partial charge is 0.159 e. The van der Waals surface area contributed by atoms with Gasteiger partial charge in [-0.05, 0) is 49.6 Å². The minimum atomic E-state index is -0.200. The Morgan fingerprint density at radius 3 is 1.96 bits per heavy atom. The maximum atomic E-state index is 5.83. The summed E-state index contributed by atoms with van der Waals surface area (Å²) in [6, 6.07) is 8.04. The van der Waals surface area contributed by atoms with Gasteiger partial charge in [0.15, 0.2) is 15.6 Å². The normalized spacial score (nSPS) is 10.9. The highest BCUT2D eigenvalue weighted by molar-refractivity contribution is 6.24. The molecule has 0 saturated heterocycles. The van der Waals surface area contributed by atoms with E-state index in [-0.39, 0.29) is 17.2 Å². The molecule has 2 aromatic rings. The first-order chi connectivity index (χ1) is 12.8. The Balaban J connectivity index is 0.00000364. The van der Waals surface area contributed by atoms with E-state index >= 15 is 0 Å². The lowest BCUT2D eigenvalue weighted by Crippen LogP contribution is -1.98. The summed E-state index contributed by atoms with van der Waals surface area (Å²) < 4.78 is 11.3. The molecular weight excluding hydrogens is 352 g/mol. The van der Waals surface area contributed by atoms with E-state index in [1.165, 1.54) is 38.5 Å². The SMILES string of the molecule is C.C[SiH2]OCCCCCCCCCOc1ccc(-c2ncc(C)cn2)cc1. The molecule has 0 spiro atoms. The first-order valence-corrected chi connectivity index (χ1v) is 11.9. The third-order valence-corrected chi connectivity index (χ3v) is 5.00. The van der Waals surface area contributed by atoms with Gasteiger partial charge in [0.25, 0.3) is 0 Å². The number of ether oxygens (including phenoxy) is 1. The van der Waals surface area contributed by atoms with Crippen molar-refractivity contribution in [2.45, 2.75) is 65.8 Å². The minimum Gasteiger partial charge on any atom is -0.494 e. The van der Waals surface area contributed by atoms with Crippen LogP contribution in [0.3, 0.4) is 0 Å². The number of aromatic nitrogens is 2. The van der Waals surface area contributed by atoms with Crippen molar-refractivity contribution < 1.29 is 9.16 Å². The van der Waals surface area contributed by atoms with Gasteiger partial charge >= 0.3 is 0 Å². The Morgan fingerprint density at radius 1 is 0.815 bits per heavy atom. The number of rotatable bonds is 13. The molecule has 1 aromatic carbocycles. The monoisotopic (exact) mass is 388 g/mol. The molecule has 0 N–H and O–H groups in total. The van der Waals surface area contributed by atoms with Crippen LogP contribution in [0.15, 0.2) is 36.7 Å². The lowest BCUT2D eigenvalue weighted by atomic mass is 10.1. The lowest BCUT2D eigenvalue weighted by Gasteiger charge is -2.07. The highest BCUT2D eigenvalue weighted by Crippen LogP contribution is 2.19. The average molecular weight is 389 g/mol. The van der Waals surface area contributed by atoms with E-state index in [9.17, 15) is 0 Å². The molecule has 2 rings (SSSR count). The van der Waals surface area contributed by atoms with Crippen LogP contribution in [0, 0.1) is 6.92 Å². The zero-order chi connectivity index (χ0) is 18.5. The van der Waals surface area contributed by atoms with Crippen LogP contribution in [0.5, 0.6) is 5.75 Å². The first-order valence-electron chi connectivity index (χ1n) is 9.89. The predicted octanol–water partition coefficient (Wildman–Crippen LogP) is 5.35. The minimum absolute atomic E-state index is 0. The quantitative estimate of drug-likeness (QED) is 0.343. The number of nitrogens with zero attached hydrogens (tertiary/aromatic N) is 2. The standard InChI is InChI=1S/C21H32N2O2Si.CH4/c1-18-16-22-21(23-17-18)19-10-12-20(13-11-19)24-14-8-6-4-3-5-7-9-15-25-26-2;/h10-13,16-17H,3-9,14-15,26H2,1-2H3;1H4. The van der Waals surface area contributed by atoms with Crippen molar-refractivity contribution in [2.24, 2.45) is 0 Å². The van der Waals surface area contributed by atoms with Gasteiger partial charge < -0.3 is 9.16 Å². The van der Waals surface area contributed by atoms with Crippen LogP contribution < -0.4 is 4.74 Å². The van der Waals surface area contributed by atoms with E-state index in [0.29, 0.717) is 0 Å². The number of aryl methyl sites for hydroxylation is 1. The van der Waals surface area contributed by atoms with Crippen molar-refractivity contribution in [1.29, 1.82) is 0 Å². The average Bonchev–Trinajstić information content (AvgIpc) is 2.67. The molecular formula is C22H36N2O2Si. The van der Waals surface area contributed by atoms with Gasteiger partial charge in [0.05, 0.1) is 6.61 Å². The van der Waals surface area contributed by atoms with Gasteiger partial charge in [-0.1, -0.05) is 46.1 Å². The van der Waals surface area contributed by atoms with Gasteiger partial charge in [-0.2, -0.15) is 0 Å². The Labute approximate surface area is 167 Å². The molecule has 1 heterocycles. The molecule has 0 atom stereocenters. The van der Waals surface area contributed by atoms with Crippen LogP contribution in [0.2, 0.25) is 6.55 Å². The fourth-order valence-corrected chi connectivity index (χ4v) is 3.26. The lowest BCUT2D eigenvalue weighted by molar-refractivity contribution is 0.303. The van der Waals surface area contributed by atoms with Crippen molar-refractivity contribution in [1.82, 2.24) is 9.97 Å². The van der Waals surface area contributed by atoms with Gasteiger partial charge in [0.2, 0.25) is 0 Å². The molecule has 0 radical (unpaired) electrons. The van der Waals surface area contributed by atoms with Gasteiger partial charge in [-0.25, -0.2) is 9.97 Å². The van der Waals surface area contributed by atoms with E-state index in [4.69, 9.17) is 9.16 Å². The van der Waals surface area contributed by atoms with Crippen molar-refractivity contribution in [3.05, 3.63) is 42.2 Å². The third kappa shape index (κ3) is 9.68. The summed E-state index contributed by atoms with van der Waals surface area (Å²) in [5.74, 6) is 1.67. The van der Waals surface area contributed by atoms with E-state index in [1.54, 1.807) is 0 Å². The molecule has 5 heteroatoms. The summed E-state index contributed by atoms with van der Waals surface area (Å²) in [6.45, 7) is 5.94. The molecule has 4 nitrogen and oxygen atoms in total. The summed E-state index contributed by atoms with van der Waals surface area (Å²) in [5.41, 5.74) is 2.09. The molecule has 0 saturated carbocycles. The van der Waals surface area contributed by atoms with Crippen LogP contribution in [-0.2, 0) is 4.43 Å². The van der Waals surface area contributed by atoms with Gasteiger partial charge in [0.1, 0.15) is 5.75 Å². The van der Waals surface area contributed by atoms with E-state index in [2.05, 4.69) is 16.5 Å². The van der Waals surface area contributed by atoms with Gasteiger partial charge in [-0.15, -0.1) is 0 Å². The molecule has 0 aliphatic heterocycles. The predicted molar refractivity (Wildman–Crippen MR) is 117 cm³/mol. The fourth-order valence-electron chi connectivity index (χ4n) is 2.77. The van der Waals surface area contributed by atoms with Crippen LogP contribution in [0.4, 0.5) is 0 Å². The van der Waals surface area contributed by atoms with Crippen LogP contribution in [0.1, 0.15) is 57.9 Å². The molecule has 150 valence electrons. The number of hydrogen-bond acceptors (Lipinski definition) is 4. The summed E-state index contributed by atoms with van der Waals surface area (Å²) in [7, 11) is -0.200. The van der Waals surface area contributed by atoms with E-state index in [1.807, 2.05) is 43.6 Å². The number of benzene rings is 1. The van der Waals surface area contributed by atoms with Crippen molar-refractivity contribution in [3.8, 4) is 17.1 Å². The first kappa shape index (κ1) is 23.3. The Kier molecular flexibility index (Phi) is 12.4. The zero-order valence-corrected chi connectivity index (χ0v) is 17.7. The maximum Gasteiger partial charge on any atom is 0.159 e. The number of unbranched alkanes of at least 4 members (excludes halogenated alkanes) is 6. The van der Waals surface area contributed by atoms with Crippen LogP contribution in [-0.4, -0.2) is 32.9 Å². The highest BCUT2D eigenvalue weighted by atomic mass is 28.2. The molecule has 0 fully saturated rings. The summed E-state index contributed by atoms with van der Waals surface area (Å²) >= 11 is 0. The second-order valence-corrected chi connectivity index (χ2v) is 7.61. The molecule has 0 aliphatic rings. The van der Waals surface area contributed by atoms with Crippen LogP contribution >= 0.6 is 0 Å². The summed E-state index contributed by atoms with van der Waals surface area (Å²) in [6.07, 6.45) is 12.5. The van der Waals surface area contributed by atoms with Gasteiger partial charge in [-0.3, -0.25) is 0 Å². The Morgan fingerprint density at radius 2 is 1.37 bits per heavy atom. The summed E-state index contributed by atoms with van der Waals surface area (Å²) in [5, 5.41) is 0. The second kappa shape index (κ2) is 14.3. The number of hydrogen-bond donors (Lipinski definition) is 0. The molecule has 0 aliphatic carbocycles. The zero-order valence-electron chi connectivity index (χ0n) is 16.2. The van der Waals surface area contributed by atoms with Crippen molar-refractivity contribution in [3.63, 3.8) is 0 Å². The Hall–Kier alpha value is -1.72. The molecule has 1 aromatic heterocycles. The molecule has 0 amide bonds. The van der Waals surface area contributed by atoms with Crippen molar-refractivity contribution >= 4 is 9.76 Å². The maximum absolute atomic E-state index is 5.83. The fraction of sp³-hybridized carbons (Fsp3) is 0.545. The Bertz CT molecular complexity index is 603. The van der Waals surface area contributed by atoms with Gasteiger partial charge in [0, 0.05) is 24.6 Å². The molecule has 27 heavy (non-hydrogen) atoms. The third-order valence-electron chi connectivity index (χ3n) is 4.30. The van der Waals surface area contributed by atoms with Crippen molar-refractivity contribution in [2.75, 3.05) is 13.2 Å². The molecule has 0 unspecified atom stereocenters. The topological polar surface area (TPSA) is 44.2 Å². The highest BCUT2D eigenvalue weighted by Gasteiger charge is 2.01.